The molecule has 1 saturated heterocycles. The summed E-state index contributed by atoms with van der Waals surface area (Å²) in [5, 5.41) is 0. The number of aromatic amines is 1. The molecule has 13 heteroatoms. The summed E-state index contributed by atoms with van der Waals surface area (Å²) in [4.78, 5) is 13.7. The average Bonchev–Trinajstić information content (AvgIpc) is 3.29. The summed E-state index contributed by atoms with van der Waals surface area (Å²) in [7, 11) is -4.02. The summed E-state index contributed by atoms with van der Waals surface area (Å²) in [6.45, 7) is 0.312. The predicted molar refractivity (Wildman–Crippen MR) is 106 cm³/mol. The lowest BCUT2D eigenvalue weighted by Crippen LogP contribution is -2.39. The van der Waals surface area contributed by atoms with E-state index in [9.17, 15) is 21.6 Å². The number of halogens is 4. The van der Waals surface area contributed by atoms with E-state index in [1.54, 1.807) is 18.6 Å². The Bertz CT molecular complexity index is 1110. The first-order chi connectivity index (χ1) is 13.1. The summed E-state index contributed by atoms with van der Waals surface area (Å²) in [6, 6.07) is 1.38. The maximum atomic E-state index is 12.3. The molecule has 1 fully saturated rings. The molecule has 0 radical (unpaired) electrons. The molecule has 0 aromatic carbocycles. The van der Waals surface area contributed by atoms with Crippen LogP contribution < -0.4 is 9.62 Å². The van der Waals surface area contributed by atoms with Crippen molar-refractivity contribution in [3.8, 4) is 0 Å². The molecule has 2 N–H and O–H groups in total. The lowest BCUT2D eigenvalue weighted by molar-refractivity contribution is -0.130. The first-order valence-corrected chi connectivity index (χ1v) is 11.3. The fourth-order valence-corrected chi connectivity index (χ4v) is 5.69. The summed E-state index contributed by atoms with van der Waals surface area (Å²) < 4.78 is 65.3. The number of imidazole rings is 1. The van der Waals surface area contributed by atoms with Crippen molar-refractivity contribution in [2.75, 3.05) is 17.2 Å². The van der Waals surface area contributed by atoms with Gasteiger partial charge in [-0.05, 0) is 12.5 Å². The van der Waals surface area contributed by atoms with Gasteiger partial charge in [-0.15, -0.1) is 0 Å². The molecule has 8 nitrogen and oxygen atoms in total. The van der Waals surface area contributed by atoms with E-state index in [0.717, 1.165) is 11.0 Å². The van der Waals surface area contributed by atoms with Crippen LogP contribution in [0.2, 0.25) is 0 Å². The number of rotatable bonds is 5. The van der Waals surface area contributed by atoms with Crippen molar-refractivity contribution >= 4 is 55.2 Å². The summed E-state index contributed by atoms with van der Waals surface area (Å²) in [6.07, 6.45) is -0.279. The van der Waals surface area contributed by atoms with Gasteiger partial charge in [0.15, 0.2) is 5.65 Å². The van der Waals surface area contributed by atoms with Crippen LogP contribution in [0.1, 0.15) is 12.8 Å². The molecule has 1 aliphatic heterocycles. The largest absolute Gasteiger partial charge is 0.390 e. The molecule has 152 valence electrons. The quantitative estimate of drug-likeness (QED) is 0.302. The van der Waals surface area contributed by atoms with E-state index in [1.807, 2.05) is 15.4 Å². The van der Waals surface area contributed by atoms with E-state index in [4.69, 9.17) is 0 Å². The van der Waals surface area contributed by atoms with Crippen molar-refractivity contribution in [1.82, 2.24) is 24.1 Å². The maximum Gasteiger partial charge on any atom is 0.390 e. The van der Waals surface area contributed by atoms with Crippen molar-refractivity contribution < 1.29 is 21.6 Å². The first-order valence-electron chi connectivity index (χ1n) is 8.40. The molecule has 28 heavy (non-hydrogen) atoms. The van der Waals surface area contributed by atoms with Gasteiger partial charge >= 0.3 is 6.18 Å². The standard InChI is InChI=1S/C15H16F3IN6O2S/c16-15(17,18)2-4-28(26,27)23-9-5-12(19)24(8-9)14-22-7-10-6-21-13-11(25(10)14)1-3-20-13/h1,3,6-7,9,12,20,23H,2,4-5,8H2/t9-,12-/m0/s1. The Hall–Kier alpha value is -1.61. The zero-order valence-corrected chi connectivity index (χ0v) is 17.3. The van der Waals surface area contributed by atoms with E-state index in [1.165, 1.54) is 0 Å². The Balaban J connectivity index is 1.55. The maximum absolute atomic E-state index is 12.3. The second-order valence-electron chi connectivity index (χ2n) is 6.61. The molecule has 0 aliphatic carbocycles. The molecule has 4 heterocycles. The highest BCUT2D eigenvalue weighted by Crippen LogP contribution is 2.31. The Morgan fingerprint density at radius 2 is 2.07 bits per heavy atom. The number of fused-ring (bicyclic) bond motifs is 3. The Morgan fingerprint density at radius 1 is 1.32 bits per heavy atom. The molecule has 3 aromatic rings. The van der Waals surface area contributed by atoms with Crippen LogP contribution in [0.15, 0.2) is 24.7 Å². The minimum Gasteiger partial charge on any atom is -0.345 e. The third kappa shape index (κ3) is 3.91. The second kappa shape index (κ2) is 7.02. The molecule has 0 spiro atoms. The SMILES string of the molecule is O=S(=O)(CCC(F)(F)F)N[C@H]1C[C@@H](I)N(c2ncc3cnc4[nH]ccc4n23)C1. The summed E-state index contributed by atoms with van der Waals surface area (Å²) >= 11 is 2.19. The Morgan fingerprint density at radius 3 is 2.82 bits per heavy atom. The number of aromatic nitrogens is 4. The van der Waals surface area contributed by atoms with Gasteiger partial charge in [0.05, 0.1) is 39.6 Å². The van der Waals surface area contributed by atoms with Crippen LogP contribution in [0, 0.1) is 0 Å². The zero-order chi connectivity index (χ0) is 20.1. The number of H-pyrrole nitrogens is 1. The molecule has 4 rings (SSSR count). The molecule has 0 unspecified atom stereocenters. The first kappa shape index (κ1) is 19.7. The highest BCUT2D eigenvalue weighted by atomic mass is 127. The van der Waals surface area contributed by atoms with Crippen molar-refractivity contribution in [3.05, 3.63) is 24.7 Å². The molecular formula is C15H16F3IN6O2S. The topological polar surface area (TPSA) is 95.4 Å². The molecule has 3 aromatic heterocycles. The second-order valence-corrected chi connectivity index (χ2v) is 9.92. The van der Waals surface area contributed by atoms with E-state index in [0.29, 0.717) is 24.6 Å². The van der Waals surface area contributed by atoms with Crippen molar-refractivity contribution in [2.45, 2.75) is 29.1 Å². The minimum absolute atomic E-state index is 0.0688. The number of anilines is 1. The van der Waals surface area contributed by atoms with Crippen LogP contribution >= 0.6 is 22.6 Å². The van der Waals surface area contributed by atoms with Gasteiger partial charge in [0.1, 0.15) is 0 Å². The van der Waals surface area contributed by atoms with E-state index < -0.39 is 34.4 Å². The van der Waals surface area contributed by atoms with Crippen molar-refractivity contribution in [2.24, 2.45) is 0 Å². The number of hydrogen-bond donors (Lipinski definition) is 2. The van der Waals surface area contributed by atoms with Gasteiger partial charge in [-0.25, -0.2) is 23.1 Å². The highest BCUT2D eigenvalue weighted by Gasteiger charge is 2.36. The Kier molecular flexibility index (Phi) is 4.94. The smallest absolute Gasteiger partial charge is 0.345 e. The van der Waals surface area contributed by atoms with Gasteiger partial charge in [0.2, 0.25) is 16.0 Å². The van der Waals surface area contributed by atoms with E-state index in [2.05, 4.69) is 42.3 Å². The molecule has 1 aliphatic rings. The van der Waals surface area contributed by atoms with E-state index >= 15 is 0 Å². The van der Waals surface area contributed by atoms with Crippen LogP contribution in [0.3, 0.4) is 0 Å². The normalized spacial score (nSPS) is 21.2. The predicted octanol–water partition coefficient (Wildman–Crippen LogP) is 2.42. The Labute approximate surface area is 171 Å². The molecular weight excluding hydrogens is 512 g/mol. The summed E-state index contributed by atoms with van der Waals surface area (Å²) in [5.41, 5.74) is 2.32. The van der Waals surface area contributed by atoms with Gasteiger partial charge in [0, 0.05) is 18.8 Å². The third-order valence-electron chi connectivity index (χ3n) is 4.53. The lowest BCUT2D eigenvalue weighted by atomic mass is 10.3. The molecule has 0 bridgehead atoms. The van der Waals surface area contributed by atoms with Crippen LogP contribution in [0.5, 0.6) is 0 Å². The van der Waals surface area contributed by atoms with Crippen LogP contribution in [0.4, 0.5) is 19.1 Å². The molecule has 0 saturated carbocycles. The van der Waals surface area contributed by atoms with Gasteiger partial charge in [0.25, 0.3) is 0 Å². The number of nitrogens with one attached hydrogen (secondary N) is 2. The number of hydrogen-bond acceptors (Lipinski definition) is 5. The fraction of sp³-hybridized carbons (Fsp3) is 0.467. The third-order valence-corrected chi connectivity index (χ3v) is 7.15. The highest BCUT2D eigenvalue weighted by molar-refractivity contribution is 14.1. The number of nitrogens with zero attached hydrogens (tertiary/aromatic N) is 4. The molecule has 2 atom stereocenters. The van der Waals surface area contributed by atoms with Crippen LogP contribution in [-0.2, 0) is 10.0 Å². The van der Waals surface area contributed by atoms with Gasteiger partial charge in [-0.2, -0.15) is 13.2 Å². The minimum atomic E-state index is -4.51. The number of alkyl halides is 4. The van der Waals surface area contributed by atoms with Crippen molar-refractivity contribution in [1.29, 1.82) is 0 Å². The fourth-order valence-electron chi connectivity index (χ4n) is 3.31. The van der Waals surface area contributed by atoms with Gasteiger partial charge in [-0.1, -0.05) is 22.6 Å². The molecule has 0 amide bonds. The summed E-state index contributed by atoms with van der Waals surface area (Å²) in [5.74, 6) is -0.334. The zero-order valence-electron chi connectivity index (χ0n) is 14.3. The van der Waals surface area contributed by atoms with E-state index in [-0.39, 0.29) is 4.05 Å². The van der Waals surface area contributed by atoms with Crippen molar-refractivity contribution in [3.63, 3.8) is 0 Å². The van der Waals surface area contributed by atoms with Crippen LogP contribution in [0.25, 0.3) is 16.7 Å². The lowest BCUT2D eigenvalue weighted by Gasteiger charge is -2.21. The average molecular weight is 528 g/mol. The van der Waals surface area contributed by atoms with Gasteiger partial charge in [-0.3, -0.25) is 4.40 Å². The van der Waals surface area contributed by atoms with Crippen LogP contribution in [-0.4, -0.2) is 56.3 Å². The monoisotopic (exact) mass is 528 g/mol. The van der Waals surface area contributed by atoms with Gasteiger partial charge < -0.3 is 9.88 Å². The number of sulfonamides is 1.